The number of piperidine rings is 1. The molecule has 1 atom stereocenters. The van der Waals surface area contributed by atoms with E-state index >= 15 is 0 Å². The fourth-order valence-electron chi connectivity index (χ4n) is 4.28. The van der Waals surface area contributed by atoms with Gasteiger partial charge in [0.1, 0.15) is 0 Å². The van der Waals surface area contributed by atoms with Gasteiger partial charge in [0.25, 0.3) is 5.91 Å². The van der Waals surface area contributed by atoms with Crippen LogP contribution in [0.5, 0.6) is 0 Å². The second-order valence-corrected chi connectivity index (χ2v) is 8.12. The number of benzene rings is 1. The number of likely N-dealkylation sites (tertiary alicyclic amines) is 1. The number of hydrogen-bond acceptors (Lipinski definition) is 2. The molecule has 0 saturated carbocycles. The quantitative estimate of drug-likeness (QED) is 0.793. The van der Waals surface area contributed by atoms with Crippen LogP contribution in [0.3, 0.4) is 0 Å². The summed E-state index contributed by atoms with van der Waals surface area (Å²) in [6.07, 6.45) is 9.98. The van der Waals surface area contributed by atoms with Gasteiger partial charge in [-0.3, -0.25) is 9.59 Å². The minimum Gasteiger partial charge on any atom is -0.355 e. The highest BCUT2D eigenvalue weighted by atomic mass is 16.2. The van der Waals surface area contributed by atoms with Crippen molar-refractivity contribution in [1.29, 1.82) is 0 Å². The maximum absolute atomic E-state index is 12.9. The molecule has 3 rings (SSSR count). The van der Waals surface area contributed by atoms with Crippen molar-refractivity contribution < 1.29 is 9.59 Å². The van der Waals surface area contributed by atoms with Crippen molar-refractivity contribution in [2.24, 2.45) is 5.92 Å². The maximum Gasteiger partial charge on any atom is 0.253 e. The third-order valence-corrected chi connectivity index (χ3v) is 5.68. The molecule has 2 amide bonds. The standard InChI is InChI=1S/C23H32N2O2/c1-17-13-18(2)15-21(14-17)23(27)25-12-6-9-20(16-25)22(26)24-11-10-19-7-4-3-5-8-19/h7,13-15,20H,3-6,8-12,16H2,1-2H3,(H,24,26)/t20-/m1/s1. The minimum atomic E-state index is -0.0889. The van der Waals surface area contributed by atoms with Crippen molar-refractivity contribution in [3.63, 3.8) is 0 Å². The lowest BCUT2D eigenvalue weighted by atomic mass is 9.95. The third kappa shape index (κ3) is 5.44. The van der Waals surface area contributed by atoms with Gasteiger partial charge in [0.15, 0.2) is 0 Å². The topological polar surface area (TPSA) is 49.4 Å². The Morgan fingerprint density at radius 1 is 1.11 bits per heavy atom. The predicted molar refractivity (Wildman–Crippen MR) is 109 cm³/mol. The molecular formula is C23H32N2O2. The van der Waals surface area contributed by atoms with Crippen molar-refractivity contribution in [3.05, 3.63) is 46.5 Å². The number of carbonyl (C=O) groups excluding carboxylic acids is 2. The van der Waals surface area contributed by atoms with E-state index in [2.05, 4.69) is 17.5 Å². The zero-order valence-electron chi connectivity index (χ0n) is 16.7. The average molecular weight is 369 g/mol. The predicted octanol–water partition coefficient (Wildman–Crippen LogP) is 4.16. The summed E-state index contributed by atoms with van der Waals surface area (Å²) in [7, 11) is 0. The second kappa shape index (κ2) is 9.20. The van der Waals surface area contributed by atoms with E-state index in [0.717, 1.165) is 42.5 Å². The van der Waals surface area contributed by atoms with Crippen LogP contribution in [0.1, 0.15) is 66.4 Å². The Morgan fingerprint density at radius 2 is 1.89 bits per heavy atom. The van der Waals surface area contributed by atoms with Crippen molar-refractivity contribution in [2.75, 3.05) is 19.6 Å². The summed E-state index contributed by atoms with van der Waals surface area (Å²) in [4.78, 5) is 27.3. The zero-order valence-corrected chi connectivity index (χ0v) is 16.7. The Balaban J connectivity index is 1.52. The number of allylic oxidation sites excluding steroid dienone is 1. The van der Waals surface area contributed by atoms with Crippen LogP contribution in [-0.2, 0) is 4.79 Å². The van der Waals surface area contributed by atoms with Crippen LogP contribution >= 0.6 is 0 Å². The van der Waals surface area contributed by atoms with Gasteiger partial charge in [-0.2, -0.15) is 0 Å². The Labute approximate surface area is 163 Å². The van der Waals surface area contributed by atoms with Crippen LogP contribution < -0.4 is 5.32 Å². The molecule has 0 unspecified atom stereocenters. The molecule has 1 aliphatic heterocycles. The first kappa shape index (κ1) is 19.7. The highest BCUT2D eigenvalue weighted by Gasteiger charge is 2.28. The van der Waals surface area contributed by atoms with Crippen LogP contribution in [0.2, 0.25) is 0 Å². The van der Waals surface area contributed by atoms with Crippen molar-refractivity contribution in [3.8, 4) is 0 Å². The van der Waals surface area contributed by atoms with Gasteiger partial charge in [0.05, 0.1) is 5.92 Å². The molecule has 1 aliphatic carbocycles. The van der Waals surface area contributed by atoms with Crippen LogP contribution in [0.4, 0.5) is 0 Å². The Hall–Kier alpha value is -2.10. The molecular weight excluding hydrogens is 336 g/mol. The molecule has 0 aromatic heterocycles. The second-order valence-electron chi connectivity index (χ2n) is 8.12. The van der Waals surface area contributed by atoms with E-state index in [1.165, 1.54) is 31.3 Å². The molecule has 146 valence electrons. The largest absolute Gasteiger partial charge is 0.355 e. The summed E-state index contributed by atoms with van der Waals surface area (Å²) in [6, 6.07) is 5.96. The summed E-state index contributed by atoms with van der Waals surface area (Å²) in [5, 5.41) is 3.10. The van der Waals surface area contributed by atoms with E-state index in [1.54, 1.807) is 0 Å². The van der Waals surface area contributed by atoms with Gasteiger partial charge in [-0.1, -0.05) is 28.8 Å². The molecule has 1 aromatic rings. The van der Waals surface area contributed by atoms with Gasteiger partial charge in [-0.25, -0.2) is 0 Å². The van der Waals surface area contributed by atoms with Crippen molar-refractivity contribution in [1.82, 2.24) is 10.2 Å². The van der Waals surface area contributed by atoms with Crippen molar-refractivity contribution in [2.45, 2.75) is 58.8 Å². The normalized spacial score (nSPS) is 20.1. The number of nitrogens with one attached hydrogen (secondary N) is 1. The van der Waals surface area contributed by atoms with Gasteiger partial charge in [-0.05, 0) is 70.9 Å². The van der Waals surface area contributed by atoms with E-state index in [4.69, 9.17) is 0 Å². The lowest BCUT2D eigenvalue weighted by molar-refractivity contribution is -0.126. The van der Waals surface area contributed by atoms with E-state index in [9.17, 15) is 9.59 Å². The first-order chi connectivity index (χ1) is 13.0. The fraction of sp³-hybridized carbons (Fsp3) is 0.565. The van der Waals surface area contributed by atoms with E-state index in [-0.39, 0.29) is 17.7 Å². The molecule has 1 N–H and O–H groups in total. The zero-order chi connectivity index (χ0) is 19.2. The molecule has 4 nitrogen and oxygen atoms in total. The first-order valence-electron chi connectivity index (χ1n) is 10.4. The van der Waals surface area contributed by atoms with Gasteiger partial charge < -0.3 is 10.2 Å². The molecule has 0 spiro atoms. The first-order valence-corrected chi connectivity index (χ1v) is 10.4. The molecule has 1 aromatic carbocycles. The smallest absolute Gasteiger partial charge is 0.253 e. The van der Waals surface area contributed by atoms with Gasteiger partial charge >= 0.3 is 0 Å². The lowest BCUT2D eigenvalue weighted by Gasteiger charge is -2.32. The number of rotatable bonds is 5. The van der Waals surface area contributed by atoms with Crippen LogP contribution in [0.25, 0.3) is 0 Å². The number of carbonyl (C=O) groups is 2. The number of nitrogens with zero attached hydrogens (tertiary/aromatic N) is 1. The summed E-state index contributed by atoms with van der Waals surface area (Å²) in [6.45, 7) is 6.00. The average Bonchev–Trinajstić information content (AvgIpc) is 2.67. The summed E-state index contributed by atoms with van der Waals surface area (Å²) < 4.78 is 0. The van der Waals surface area contributed by atoms with E-state index in [0.29, 0.717) is 13.1 Å². The Bertz CT molecular complexity index is 703. The van der Waals surface area contributed by atoms with Gasteiger partial charge in [0.2, 0.25) is 5.91 Å². The van der Waals surface area contributed by atoms with E-state index in [1.807, 2.05) is 30.9 Å². The van der Waals surface area contributed by atoms with Crippen molar-refractivity contribution >= 4 is 11.8 Å². The molecule has 4 heteroatoms. The third-order valence-electron chi connectivity index (χ3n) is 5.68. The number of hydrogen-bond donors (Lipinski definition) is 1. The number of aryl methyl sites for hydroxylation is 2. The molecule has 27 heavy (non-hydrogen) atoms. The molecule has 1 saturated heterocycles. The summed E-state index contributed by atoms with van der Waals surface area (Å²) in [5.74, 6) is 0.0601. The molecule has 2 aliphatic rings. The summed E-state index contributed by atoms with van der Waals surface area (Å²) in [5.41, 5.74) is 4.41. The number of amides is 2. The van der Waals surface area contributed by atoms with Gasteiger partial charge in [-0.15, -0.1) is 0 Å². The summed E-state index contributed by atoms with van der Waals surface area (Å²) >= 11 is 0. The van der Waals surface area contributed by atoms with Gasteiger partial charge in [0, 0.05) is 25.2 Å². The lowest BCUT2D eigenvalue weighted by Crippen LogP contribution is -2.45. The maximum atomic E-state index is 12.9. The highest BCUT2D eigenvalue weighted by molar-refractivity contribution is 5.95. The Morgan fingerprint density at radius 3 is 2.59 bits per heavy atom. The van der Waals surface area contributed by atoms with Crippen LogP contribution in [0.15, 0.2) is 29.8 Å². The molecule has 0 bridgehead atoms. The highest BCUT2D eigenvalue weighted by Crippen LogP contribution is 2.21. The molecule has 0 radical (unpaired) electrons. The van der Waals surface area contributed by atoms with E-state index < -0.39 is 0 Å². The van der Waals surface area contributed by atoms with Crippen LogP contribution in [-0.4, -0.2) is 36.3 Å². The Kier molecular flexibility index (Phi) is 6.70. The minimum absolute atomic E-state index is 0.0478. The SMILES string of the molecule is Cc1cc(C)cc(C(=O)N2CCC[C@@H](C(=O)NCCC3=CCCCC3)C2)c1. The van der Waals surface area contributed by atoms with Crippen LogP contribution in [0, 0.1) is 19.8 Å². The fourth-order valence-corrected chi connectivity index (χ4v) is 4.28. The monoisotopic (exact) mass is 368 g/mol. The molecule has 1 fully saturated rings. The molecule has 1 heterocycles.